The number of aromatic nitrogens is 11. The maximum absolute atomic E-state index is 14.8. The number of allylic oxidation sites excluding steroid dienone is 6. The number of unbranched alkanes of at least 4 members (excludes halogenated alkanes) is 1. The number of hydrogen-bond acceptors (Lipinski definition) is 32. The van der Waals surface area contributed by atoms with Crippen molar-refractivity contribution in [1.82, 2.24) is 75.1 Å². The lowest BCUT2D eigenvalue weighted by molar-refractivity contribution is -0.265. The molecule has 6 aliphatic rings. The minimum absolute atomic E-state index is 0.0195. The Labute approximate surface area is 737 Å². The Morgan fingerprint density at radius 2 is 1.39 bits per heavy atom. The normalized spacial score (nSPS) is 27.8. The predicted octanol–water partition coefficient (Wildman–Crippen LogP) is 7.44. The molecule has 0 unspecified atom stereocenters. The van der Waals surface area contributed by atoms with Crippen LogP contribution in [-0.4, -0.2) is 261 Å². The number of carbonyl (C=O) groups excluding carboxylic acids is 8. The third kappa shape index (κ3) is 22.7. The standard InChI is InChI=1S/C90H118N20O17/c1-52-17-11-10-12-18-53(2)70(122-8)42-64-23-20-58(7)90(121,127-64)78(115)83(118)109-27-15-13-19-66(109)84(119)124-71(43-67(111)54(3)38-57(6)76(113)77(114)75(112)56(5)37-52)55(4)39-59-21-24-69(72(40-59)123-9)126-89(120)100-46-60-44-94-86(95-45-60)107-33-35-108(36-34-107)88-98-49-63(50-99-88)82(117)105-29-31-106(32-30-105)87-96-47-62(48-97-87)81(116)93-26-14-16-28-110-80-73(79(91)101-51-102-80)74(104-110)61-22-25-68-65(41-61)103-85(92)125-68/h10-12,17-18,22,25,38,41,44-45,47-52,54-56,58-59,64,66,69-72,76-77,113-114,121H,13-16,19-21,23-24,26-37,39-40,42-43,46H2,1-9H3,(H2,92,103)(H,93,116)(H,100,120)(H2,91,101,102)/b12-10+,17-11+,53-18+,57-38+/t52-,54-,55-,56-,58-,59+,64+,66+,69-,70+,71+,72-,76-,77+,90-/m1/s1. The van der Waals surface area contributed by atoms with Gasteiger partial charge in [0.2, 0.25) is 23.6 Å². The van der Waals surface area contributed by atoms with Gasteiger partial charge in [0.05, 0.1) is 34.8 Å². The van der Waals surface area contributed by atoms with E-state index in [1.165, 1.54) is 31.7 Å². The van der Waals surface area contributed by atoms with Crippen LogP contribution in [0, 0.1) is 35.5 Å². The molecule has 15 atom stereocenters. The van der Waals surface area contributed by atoms with Gasteiger partial charge in [-0.25, -0.2) is 54.1 Å². The number of ketones is 3. The van der Waals surface area contributed by atoms with Crippen LogP contribution in [0.15, 0.2) is 114 Å². The highest BCUT2D eigenvalue weighted by atomic mass is 16.6. The molecule has 9 N–H and O–H groups in total. The van der Waals surface area contributed by atoms with Crippen molar-refractivity contribution < 1.29 is 81.8 Å². The highest BCUT2D eigenvalue weighted by Crippen LogP contribution is 2.40. The minimum atomic E-state index is -2.50. The van der Waals surface area contributed by atoms with E-state index in [0.717, 1.165) is 16.0 Å². The summed E-state index contributed by atoms with van der Waals surface area (Å²) in [6.07, 6.45) is 19.7. The van der Waals surface area contributed by atoms with Gasteiger partial charge in [0.25, 0.3) is 29.5 Å². The number of aliphatic hydroxyl groups is 3. The lowest BCUT2D eigenvalue weighted by Gasteiger charge is -2.42. The molecule has 4 amide bonds. The molecule has 0 spiro atoms. The second-order valence-electron chi connectivity index (χ2n) is 34.5. The number of Topliss-reactive ketones (excluding diaryl/α,β-unsaturated/α-hetero) is 3. The fraction of sp³-hybridized carbons (Fsp3) is 0.556. The summed E-state index contributed by atoms with van der Waals surface area (Å²) in [7, 11) is 3.10. The highest BCUT2D eigenvalue weighted by molar-refractivity contribution is 6.39. The number of nitrogens with zero attached hydrogens (tertiary/aromatic N) is 16. The van der Waals surface area contributed by atoms with E-state index in [0.29, 0.717) is 204 Å². The molecule has 13 rings (SSSR count). The van der Waals surface area contributed by atoms with Gasteiger partial charge in [-0.2, -0.15) is 10.1 Å². The number of nitrogen functional groups attached to an aromatic ring is 2. The number of nitrogens with two attached hydrogens (primary N) is 2. The molecule has 6 aromatic heterocycles. The molecule has 4 saturated heterocycles. The smallest absolute Gasteiger partial charge is 0.407 e. The Kier molecular flexibility index (Phi) is 31.0. The minimum Gasteiger partial charge on any atom is -0.460 e. The molecule has 0 radical (unpaired) electrons. The molecule has 37 heteroatoms. The van der Waals surface area contributed by atoms with E-state index in [4.69, 9.17) is 44.7 Å². The number of cyclic esters (lactones) is 1. The van der Waals surface area contributed by atoms with Gasteiger partial charge in [0.15, 0.2) is 17.0 Å². The van der Waals surface area contributed by atoms with E-state index < -0.39 is 108 Å². The maximum atomic E-state index is 14.8. The highest BCUT2D eigenvalue weighted by Gasteiger charge is 2.53. The van der Waals surface area contributed by atoms with Gasteiger partial charge in [0.1, 0.15) is 59.6 Å². The van der Waals surface area contributed by atoms with Crippen LogP contribution in [-0.2, 0) is 60.7 Å². The number of piperidine rings is 1. The van der Waals surface area contributed by atoms with Crippen LogP contribution in [0.3, 0.4) is 0 Å². The van der Waals surface area contributed by atoms with Gasteiger partial charge < -0.3 is 90.0 Å². The number of aliphatic hydroxyl groups excluding tert-OH is 2. The molecule has 680 valence electrons. The molecule has 2 bridgehead atoms. The fourth-order valence-electron chi connectivity index (χ4n) is 17.7. The SMILES string of the molecule is CO[C@H]1C[C@@H]2CC[C@@H](C)[C@@](O)(O2)C(=O)C(=O)N2CCCC[C@H]2C(=O)O[C@H]([C@H](C)C[C@@H]2CC[C@@H](OC(=O)NCc3cnc(N4CCN(c5ncc(C(=O)N6CCN(c7ncc(C(=O)NCCCCn8nc(-c9ccc%10oc(N)nc%10c9)c9c(N)ncnc98)cn7)CC6)cn5)CC4)nc3)[C@H](OC)C2)CC(=O)[C@H](C)/C=C(\C)[C@@H](O)[C@@H](O)C(=O)[C@H](C)C[C@H](C)/C=C/C=C/C=C/1C. The van der Waals surface area contributed by atoms with Crippen molar-refractivity contribution in [2.75, 3.05) is 106 Å². The van der Waals surface area contributed by atoms with Crippen LogP contribution >= 0.6 is 0 Å². The number of piperazine rings is 2. The number of nitrogens with one attached hydrogen (secondary N) is 2. The zero-order valence-electron chi connectivity index (χ0n) is 73.6. The number of oxazole rings is 1. The summed E-state index contributed by atoms with van der Waals surface area (Å²) in [6, 6.07) is 4.28. The summed E-state index contributed by atoms with van der Waals surface area (Å²) in [5.41, 5.74) is 17.5. The summed E-state index contributed by atoms with van der Waals surface area (Å²) in [5.74, 6) is -8.20. The molecule has 5 aliphatic heterocycles. The van der Waals surface area contributed by atoms with E-state index in [1.54, 1.807) is 75.4 Å². The van der Waals surface area contributed by atoms with Gasteiger partial charge in [-0.05, 0) is 138 Å². The molecule has 1 aliphatic carbocycles. The van der Waals surface area contributed by atoms with Gasteiger partial charge >= 0.3 is 12.1 Å². The maximum Gasteiger partial charge on any atom is 0.407 e. The number of aryl methyl sites for hydroxylation is 1. The third-order valence-corrected chi connectivity index (χ3v) is 25.4. The Morgan fingerprint density at radius 3 is 2.07 bits per heavy atom. The van der Waals surface area contributed by atoms with Crippen molar-refractivity contribution in [3.05, 3.63) is 126 Å². The van der Waals surface area contributed by atoms with Crippen LogP contribution < -0.4 is 36.8 Å². The van der Waals surface area contributed by atoms with E-state index in [9.17, 15) is 53.7 Å². The lowest BCUT2D eigenvalue weighted by atomic mass is 9.78. The second-order valence-corrected chi connectivity index (χ2v) is 34.5. The Balaban J connectivity index is 0.548. The molecule has 1 saturated carbocycles. The van der Waals surface area contributed by atoms with Crippen molar-refractivity contribution in [3.8, 4) is 11.3 Å². The first-order valence-electron chi connectivity index (χ1n) is 44.0. The van der Waals surface area contributed by atoms with Crippen molar-refractivity contribution in [3.63, 3.8) is 0 Å². The summed E-state index contributed by atoms with van der Waals surface area (Å²) >= 11 is 0. The van der Waals surface area contributed by atoms with Crippen LogP contribution in [0.2, 0.25) is 0 Å². The summed E-state index contributed by atoms with van der Waals surface area (Å²) < 4.78 is 37.7. The Bertz CT molecular complexity index is 5170. The topological polar surface area (TPSA) is 483 Å². The van der Waals surface area contributed by atoms with Crippen LogP contribution in [0.5, 0.6) is 0 Å². The van der Waals surface area contributed by atoms with E-state index >= 15 is 0 Å². The Morgan fingerprint density at radius 1 is 0.709 bits per heavy atom. The van der Waals surface area contributed by atoms with E-state index in [-0.39, 0.29) is 73.4 Å². The molecular weight excluding hydrogens is 1630 g/mol. The molecule has 11 heterocycles. The monoisotopic (exact) mass is 1750 g/mol. The Hall–Kier alpha value is -11.6. The molecule has 5 fully saturated rings. The first-order valence-corrected chi connectivity index (χ1v) is 44.0. The van der Waals surface area contributed by atoms with Crippen LogP contribution in [0.25, 0.3) is 33.4 Å². The average Bonchev–Trinajstić information content (AvgIpc) is 1.21. The van der Waals surface area contributed by atoms with Crippen molar-refractivity contribution in [2.45, 2.75) is 206 Å². The van der Waals surface area contributed by atoms with Crippen molar-refractivity contribution in [1.29, 1.82) is 0 Å². The number of ether oxygens (including phenoxy) is 5. The summed E-state index contributed by atoms with van der Waals surface area (Å²) in [4.78, 5) is 162. The van der Waals surface area contributed by atoms with Gasteiger partial charge in [0, 0.05) is 172 Å². The number of carbonyl (C=O) groups is 8. The number of alkyl carbamates (subject to hydrolysis) is 1. The van der Waals surface area contributed by atoms with Gasteiger partial charge in [-0.15, -0.1) is 0 Å². The largest absolute Gasteiger partial charge is 0.460 e. The quantitative estimate of drug-likeness (QED) is 0.0179. The first kappa shape index (κ1) is 93.0. The number of fused-ring (bicyclic) bond motifs is 5. The van der Waals surface area contributed by atoms with Crippen molar-refractivity contribution in [2.24, 2.45) is 35.5 Å². The number of methoxy groups -OCH3 is 2. The number of amides is 4. The van der Waals surface area contributed by atoms with Crippen molar-refractivity contribution >= 4 is 98.9 Å². The zero-order valence-corrected chi connectivity index (χ0v) is 73.6. The fourth-order valence-corrected chi connectivity index (χ4v) is 17.7. The van der Waals surface area contributed by atoms with Gasteiger partial charge in [-0.1, -0.05) is 71.1 Å². The molecule has 7 aromatic rings. The number of benzene rings is 1. The van der Waals surface area contributed by atoms with Crippen LogP contribution in [0.4, 0.5) is 34.5 Å². The zero-order chi connectivity index (χ0) is 90.3. The third-order valence-electron chi connectivity index (χ3n) is 25.4. The number of anilines is 5. The second kappa shape index (κ2) is 42.3. The summed E-state index contributed by atoms with van der Waals surface area (Å²) in [6.45, 7) is 17.2. The molecule has 37 nitrogen and oxygen atoms in total. The molecular formula is C90H118N20O17. The number of rotatable bonds is 19. The lowest BCUT2D eigenvalue weighted by Crippen LogP contribution is -2.61. The average molecular weight is 1750 g/mol. The first-order chi connectivity index (χ1) is 61.0. The summed E-state index contributed by atoms with van der Waals surface area (Å²) in [5, 5.41) is 46.0. The number of hydrogen-bond donors (Lipinski definition) is 7. The predicted molar refractivity (Wildman–Crippen MR) is 469 cm³/mol. The number of esters is 1. The molecule has 127 heavy (non-hydrogen) atoms. The van der Waals surface area contributed by atoms with E-state index in [1.807, 2.05) is 78.0 Å². The van der Waals surface area contributed by atoms with Gasteiger partial charge in [-0.3, -0.25) is 28.8 Å². The van der Waals surface area contributed by atoms with E-state index in [2.05, 4.69) is 55.5 Å². The molecule has 1 aromatic carbocycles. The van der Waals surface area contributed by atoms with Crippen LogP contribution in [0.1, 0.15) is 165 Å².